The third-order valence-electron chi connectivity index (χ3n) is 3.56. The first kappa shape index (κ1) is 20.0. The monoisotopic (exact) mass is 370 g/mol. The number of carbonyl (C=O) groups is 2. The number of methoxy groups -OCH3 is 1. The first-order valence-electron chi connectivity index (χ1n) is 8.45. The maximum absolute atomic E-state index is 12.1. The van der Waals surface area contributed by atoms with Crippen molar-refractivity contribution in [2.75, 3.05) is 13.7 Å². The molecule has 1 atom stereocenters. The maximum Gasteiger partial charge on any atom is 0.338 e. The summed E-state index contributed by atoms with van der Waals surface area (Å²) in [6.45, 7) is 4.10. The highest BCUT2D eigenvalue weighted by Gasteiger charge is 2.14. The van der Waals surface area contributed by atoms with Gasteiger partial charge in [0.05, 0.1) is 25.5 Å². The van der Waals surface area contributed by atoms with Crippen LogP contribution in [-0.2, 0) is 9.53 Å². The third-order valence-corrected chi connectivity index (χ3v) is 3.56. The molecule has 0 unspecified atom stereocenters. The Labute approximate surface area is 157 Å². The molecule has 7 nitrogen and oxygen atoms in total. The van der Waals surface area contributed by atoms with E-state index >= 15 is 0 Å². The second kappa shape index (κ2) is 9.96. The number of rotatable bonds is 8. The molecule has 0 bridgehead atoms. The number of nitrogens with zero attached hydrogens (tertiary/aromatic N) is 1. The fourth-order valence-corrected chi connectivity index (χ4v) is 2.20. The molecule has 2 rings (SSSR count). The third kappa shape index (κ3) is 5.85. The van der Waals surface area contributed by atoms with Crippen LogP contribution in [0, 0.1) is 0 Å². The average Bonchev–Trinajstić information content (AvgIpc) is 2.69. The predicted octanol–water partition coefficient (Wildman–Crippen LogP) is 2.79. The van der Waals surface area contributed by atoms with E-state index in [9.17, 15) is 9.59 Å². The van der Waals surface area contributed by atoms with Crippen molar-refractivity contribution in [3.05, 3.63) is 59.7 Å². The second-order valence-electron chi connectivity index (χ2n) is 5.48. The number of carbonyl (C=O) groups excluding carboxylic acids is 2. The van der Waals surface area contributed by atoms with Crippen LogP contribution in [0.2, 0.25) is 0 Å². The molecule has 0 heterocycles. The summed E-state index contributed by atoms with van der Waals surface area (Å²) in [5, 5.41) is 3.89. The summed E-state index contributed by atoms with van der Waals surface area (Å²) in [4.78, 5) is 23.8. The molecule has 142 valence electrons. The molecule has 0 aliphatic heterocycles. The number of hydrazone groups is 1. The van der Waals surface area contributed by atoms with E-state index in [4.69, 9.17) is 14.2 Å². The van der Waals surface area contributed by atoms with Crippen LogP contribution in [0.3, 0.4) is 0 Å². The molecule has 0 aliphatic rings. The molecule has 0 aliphatic carbocycles. The fourth-order valence-electron chi connectivity index (χ4n) is 2.20. The van der Waals surface area contributed by atoms with E-state index in [-0.39, 0.29) is 0 Å². The van der Waals surface area contributed by atoms with E-state index in [1.54, 1.807) is 55.5 Å². The van der Waals surface area contributed by atoms with Gasteiger partial charge in [-0.15, -0.1) is 0 Å². The minimum absolute atomic E-state index is 0.358. The number of esters is 1. The van der Waals surface area contributed by atoms with Gasteiger partial charge in [0.2, 0.25) is 0 Å². The lowest BCUT2D eigenvalue weighted by molar-refractivity contribution is -0.127. The molecular weight excluding hydrogens is 348 g/mol. The van der Waals surface area contributed by atoms with Gasteiger partial charge in [0.25, 0.3) is 5.91 Å². The van der Waals surface area contributed by atoms with Crippen LogP contribution in [0.1, 0.15) is 29.8 Å². The second-order valence-corrected chi connectivity index (χ2v) is 5.48. The molecule has 0 radical (unpaired) electrons. The van der Waals surface area contributed by atoms with E-state index in [0.29, 0.717) is 23.5 Å². The number of amides is 1. The zero-order valence-electron chi connectivity index (χ0n) is 15.5. The van der Waals surface area contributed by atoms with Crippen LogP contribution in [0.5, 0.6) is 11.5 Å². The number of hydrogen-bond donors (Lipinski definition) is 1. The van der Waals surface area contributed by atoms with Gasteiger partial charge in [-0.2, -0.15) is 5.10 Å². The van der Waals surface area contributed by atoms with Gasteiger partial charge in [0.1, 0.15) is 11.5 Å². The van der Waals surface area contributed by atoms with Crippen LogP contribution in [0.4, 0.5) is 0 Å². The van der Waals surface area contributed by atoms with Crippen molar-refractivity contribution in [3.63, 3.8) is 0 Å². The number of nitrogens with one attached hydrogen (secondary N) is 1. The summed E-state index contributed by atoms with van der Waals surface area (Å²) < 4.78 is 15.6. The van der Waals surface area contributed by atoms with E-state index in [1.165, 1.54) is 13.3 Å². The molecule has 0 saturated heterocycles. The molecule has 0 aromatic heterocycles. The minimum atomic E-state index is -0.754. The summed E-state index contributed by atoms with van der Waals surface area (Å²) >= 11 is 0. The van der Waals surface area contributed by atoms with E-state index < -0.39 is 18.0 Å². The van der Waals surface area contributed by atoms with Gasteiger partial charge in [-0.05, 0) is 44.2 Å². The van der Waals surface area contributed by atoms with Gasteiger partial charge >= 0.3 is 5.97 Å². The normalized spacial score (nSPS) is 11.7. The zero-order valence-corrected chi connectivity index (χ0v) is 15.5. The summed E-state index contributed by atoms with van der Waals surface area (Å²) in [6, 6.07) is 13.8. The van der Waals surface area contributed by atoms with Crippen molar-refractivity contribution in [3.8, 4) is 11.5 Å². The van der Waals surface area contributed by atoms with Crippen molar-refractivity contribution in [2.24, 2.45) is 5.10 Å². The zero-order chi connectivity index (χ0) is 19.6. The molecule has 0 fully saturated rings. The van der Waals surface area contributed by atoms with Gasteiger partial charge in [-0.25, -0.2) is 10.2 Å². The first-order chi connectivity index (χ1) is 13.0. The van der Waals surface area contributed by atoms with Crippen molar-refractivity contribution >= 4 is 18.1 Å². The lowest BCUT2D eigenvalue weighted by Gasteiger charge is -2.13. The Kier molecular flexibility index (Phi) is 7.37. The van der Waals surface area contributed by atoms with Crippen LogP contribution in [0.15, 0.2) is 53.6 Å². The Balaban J connectivity index is 1.93. The Bertz CT molecular complexity index is 802. The van der Waals surface area contributed by atoms with Crippen LogP contribution < -0.4 is 14.9 Å². The Hall–Kier alpha value is -3.35. The minimum Gasteiger partial charge on any atom is -0.494 e. The highest BCUT2D eigenvalue weighted by atomic mass is 16.5. The molecule has 1 N–H and O–H groups in total. The van der Waals surface area contributed by atoms with Crippen molar-refractivity contribution < 1.29 is 23.8 Å². The summed E-state index contributed by atoms with van der Waals surface area (Å²) in [5.74, 6) is 0.378. The van der Waals surface area contributed by atoms with E-state index in [0.717, 1.165) is 5.75 Å². The highest BCUT2D eigenvalue weighted by molar-refractivity contribution is 5.99. The van der Waals surface area contributed by atoms with Gasteiger partial charge in [-0.3, -0.25) is 4.79 Å². The van der Waals surface area contributed by atoms with Crippen LogP contribution in [-0.4, -0.2) is 37.9 Å². The SMILES string of the molecule is CCOc1ccc(O[C@H](C)C(=O)N/N=C\c2ccccc2C(=O)OC)cc1. The molecule has 1 amide bonds. The lowest BCUT2D eigenvalue weighted by atomic mass is 10.1. The Morgan fingerprint density at radius 3 is 2.44 bits per heavy atom. The first-order valence-corrected chi connectivity index (χ1v) is 8.45. The van der Waals surface area contributed by atoms with E-state index in [1.807, 2.05) is 6.92 Å². The fraction of sp³-hybridized carbons (Fsp3) is 0.250. The summed E-state index contributed by atoms with van der Waals surface area (Å²) in [7, 11) is 1.30. The van der Waals surface area contributed by atoms with Gasteiger partial charge in [-0.1, -0.05) is 18.2 Å². The molecular formula is C20H22N2O5. The summed E-state index contributed by atoms with van der Waals surface area (Å²) in [5.41, 5.74) is 3.29. The quantitative estimate of drug-likeness (QED) is 0.439. The van der Waals surface area contributed by atoms with Crippen molar-refractivity contribution in [2.45, 2.75) is 20.0 Å². The highest BCUT2D eigenvalue weighted by Crippen LogP contribution is 2.18. The lowest BCUT2D eigenvalue weighted by Crippen LogP contribution is -2.33. The standard InChI is InChI=1S/C20H22N2O5/c1-4-26-16-9-11-17(12-10-16)27-14(2)19(23)22-21-13-15-7-5-6-8-18(15)20(24)25-3/h5-14H,4H2,1-3H3,(H,22,23)/b21-13-/t14-/m1/s1. The largest absolute Gasteiger partial charge is 0.494 e. The number of ether oxygens (including phenoxy) is 3. The van der Waals surface area contributed by atoms with Crippen molar-refractivity contribution in [1.82, 2.24) is 5.43 Å². The topological polar surface area (TPSA) is 86.2 Å². The molecule has 27 heavy (non-hydrogen) atoms. The van der Waals surface area contributed by atoms with E-state index in [2.05, 4.69) is 10.5 Å². The summed E-state index contributed by atoms with van der Waals surface area (Å²) in [6.07, 6.45) is 0.629. The number of benzene rings is 2. The number of hydrogen-bond acceptors (Lipinski definition) is 6. The van der Waals surface area contributed by atoms with Gasteiger partial charge < -0.3 is 14.2 Å². The predicted molar refractivity (Wildman–Crippen MR) is 101 cm³/mol. The molecule has 0 saturated carbocycles. The van der Waals surface area contributed by atoms with Gasteiger partial charge in [0, 0.05) is 5.56 Å². The molecule has 0 spiro atoms. The van der Waals surface area contributed by atoms with Crippen LogP contribution >= 0.6 is 0 Å². The maximum atomic E-state index is 12.1. The average molecular weight is 370 g/mol. The Morgan fingerprint density at radius 2 is 1.78 bits per heavy atom. The smallest absolute Gasteiger partial charge is 0.338 e. The molecule has 2 aromatic rings. The van der Waals surface area contributed by atoms with Crippen LogP contribution in [0.25, 0.3) is 0 Å². The molecule has 7 heteroatoms. The Morgan fingerprint density at radius 1 is 1.11 bits per heavy atom. The van der Waals surface area contributed by atoms with Crippen molar-refractivity contribution in [1.29, 1.82) is 0 Å². The van der Waals surface area contributed by atoms with Gasteiger partial charge in [0.15, 0.2) is 6.10 Å². The molecule has 2 aromatic carbocycles.